The normalized spacial score (nSPS) is 11.8. The predicted molar refractivity (Wildman–Crippen MR) is 73.4 cm³/mol. The van der Waals surface area contributed by atoms with Crippen molar-refractivity contribution in [3.63, 3.8) is 0 Å². The Morgan fingerprint density at radius 3 is 2.35 bits per heavy atom. The Morgan fingerprint density at radius 1 is 1.29 bits per heavy atom. The zero-order chi connectivity index (χ0) is 12.9. The van der Waals surface area contributed by atoms with Gasteiger partial charge in [-0.15, -0.1) is 0 Å². The first kappa shape index (κ1) is 14.0. The van der Waals surface area contributed by atoms with E-state index in [0.717, 1.165) is 14.1 Å². The highest BCUT2D eigenvalue weighted by Crippen LogP contribution is 2.08. The number of amides is 1. The number of carbonyl (C=O) groups excluding carboxylic acids is 1. The maximum absolute atomic E-state index is 11.4. The lowest BCUT2D eigenvalue weighted by atomic mass is 10.2. The minimum Gasteiger partial charge on any atom is -0.444 e. The summed E-state index contributed by atoms with van der Waals surface area (Å²) in [5.41, 5.74) is 0.634. The van der Waals surface area contributed by atoms with E-state index in [4.69, 9.17) is 4.74 Å². The quantitative estimate of drug-likeness (QED) is 0.841. The van der Waals surface area contributed by atoms with Crippen molar-refractivity contribution in [2.75, 3.05) is 6.66 Å². The van der Waals surface area contributed by atoms with Gasteiger partial charge in [-0.05, 0) is 38.3 Å². The van der Waals surface area contributed by atoms with E-state index in [1.54, 1.807) is 0 Å². The van der Waals surface area contributed by atoms with E-state index in [0.29, 0.717) is 6.54 Å². The Balaban J connectivity index is 2.42. The van der Waals surface area contributed by atoms with E-state index in [9.17, 15) is 4.79 Å². The monoisotopic (exact) mass is 253 g/mol. The van der Waals surface area contributed by atoms with Crippen LogP contribution in [0.2, 0.25) is 0 Å². The molecule has 0 fully saturated rings. The summed E-state index contributed by atoms with van der Waals surface area (Å²) in [6.07, 6.45) is -0.376. The molecule has 3 nitrogen and oxygen atoms in total. The van der Waals surface area contributed by atoms with Gasteiger partial charge in [0.05, 0.1) is 0 Å². The molecule has 1 amide bonds. The van der Waals surface area contributed by atoms with Crippen molar-refractivity contribution in [2.24, 2.45) is 0 Å². The molecule has 1 atom stereocenters. The molecule has 0 radical (unpaired) electrons. The molecule has 0 aliphatic carbocycles. The number of alkyl carbamates (subject to hydrolysis) is 1. The van der Waals surface area contributed by atoms with Gasteiger partial charge in [-0.1, -0.05) is 32.8 Å². The summed E-state index contributed by atoms with van der Waals surface area (Å²) < 4.78 is 5.16. The molecular formula is C13H20NO2P. The van der Waals surface area contributed by atoms with Crippen LogP contribution < -0.4 is 10.6 Å². The van der Waals surface area contributed by atoms with Crippen molar-refractivity contribution in [1.29, 1.82) is 0 Å². The smallest absolute Gasteiger partial charge is 0.407 e. The standard InChI is InChI=1S/C13H20NO2P/c1-13(2,3)16-12(15)14-9-10-5-7-11(17-4)8-6-10/h5-8,17H,9H2,1-4H3,(H,14,15). The molecule has 1 N–H and O–H groups in total. The molecule has 1 unspecified atom stereocenters. The Hall–Kier alpha value is -1.08. The van der Waals surface area contributed by atoms with Crippen molar-refractivity contribution in [3.8, 4) is 0 Å². The van der Waals surface area contributed by atoms with E-state index < -0.39 is 5.60 Å². The molecule has 0 heterocycles. The Labute approximate surface area is 105 Å². The molecule has 1 aromatic carbocycles. The van der Waals surface area contributed by atoms with Gasteiger partial charge in [0.15, 0.2) is 0 Å². The Morgan fingerprint density at radius 2 is 1.88 bits per heavy atom. The number of carbonyl (C=O) groups is 1. The average Bonchev–Trinajstić information content (AvgIpc) is 2.25. The van der Waals surface area contributed by atoms with Crippen molar-refractivity contribution < 1.29 is 9.53 Å². The Bertz CT molecular complexity index is 368. The maximum atomic E-state index is 11.4. The predicted octanol–water partition coefficient (Wildman–Crippen LogP) is 2.64. The first-order valence-electron chi connectivity index (χ1n) is 5.64. The number of hydrogen-bond donors (Lipinski definition) is 1. The molecule has 0 aromatic heterocycles. The van der Waals surface area contributed by atoms with Gasteiger partial charge in [-0.2, -0.15) is 0 Å². The number of rotatable bonds is 3. The second kappa shape index (κ2) is 6.02. The van der Waals surface area contributed by atoms with E-state index in [1.807, 2.05) is 32.9 Å². The van der Waals surface area contributed by atoms with Crippen LogP contribution in [0.1, 0.15) is 26.3 Å². The fraction of sp³-hybridized carbons (Fsp3) is 0.462. The van der Waals surface area contributed by atoms with Gasteiger partial charge in [0.25, 0.3) is 0 Å². The van der Waals surface area contributed by atoms with Crippen LogP contribution in [-0.4, -0.2) is 18.4 Å². The van der Waals surface area contributed by atoms with Gasteiger partial charge in [-0.25, -0.2) is 4.79 Å². The summed E-state index contributed by atoms with van der Waals surface area (Å²) in [6, 6.07) is 8.24. The molecule has 1 rings (SSSR count). The molecule has 17 heavy (non-hydrogen) atoms. The Kier molecular flexibility index (Phi) is 4.95. The number of hydrogen-bond acceptors (Lipinski definition) is 2. The van der Waals surface area contributed by atoms with Crippen molar-refractivity contribution in [3.05, 3.63) is 29.8 Å². The van der Waals surface area contributed by atoms with Crippen molar-refractivity contribution >= 4 is 20.0 Å². The third kappa shape index (κ3) is 5.69. The topological polar surface area (TPSA) is 38.3 Å². The molecule has 0 saturated carbocycles. The fourth-order valence-corrected chi connectivity index (χ4v) is 1.78. The molecule has 0 aliphatic heterocycles. The first-order chi connectivity index (χ1) is 7.90. The van der Waals surface area contributed by atoms with E-state index in [1.165, 1.54) is 5.30 Å². The van der Waals surface area contributed by atoms with E-state index in [2.05, 4.69) is 24.1 Å². The van der Waals surface area contributed by atoms with Gasteiger partial charge in [-0.3, -0.25) is 0 Å². The zero-order valence-electron chi connectivity index (χ0n) is 10.8. The summed E-state index contributed by atoms with van der Waals surface area (Å²) in [5, 5.41) is 4.06. The van der Waals surface area contributed by atoms with Crippen LogP contribution in [0, 0.1) is 0 Å². The zero-order valence-corrected chi connectivity index (χ0v) is 11.8. The third-order valence-corrected chi connectivity index (χ3v) is 2.99. The summed E-state index contributed by atoms with van der Waals surface area (Å²) in [6.45, 7) is 8.20. The molecule has 1 aromatic rings. The molecule has 0 bridgehead atoms. The summed E-state index contributed by atoms with van der Waals surface area (Å²) in [7, 11) is 0.804. The number of benzene rings is 1. The van der Waals surface area contributed by atoms with Crippen LogP contribution in [0.4, 0.5) is 4.79 Å². The van der Waals surface area contributed by atoms with Crippen LogP contribution >= 0.6 is 8.58 Å². The van der Waals surface area contributed by atoms with Gasteiger partial charge in [0.2, 0.25) is 0 Å². The van der Waals surface area contributed by atoms with Crippen LogP contribution in [-0.2, 0) is 11.3 Å². The maximum Gasteiger partial charge on any atom is 0.407 e. The van der Waals surface area contributed by atoms with E-state index in [-0.39, 0.29) is 6.09 Å². The van der Waals surface area contributed by atoms with Crippen molar-refractivity contribution in [2.45, 2.75) is 32.9 Å². The van der Waals surface area contributed by atoms with Crippen LogP contribution in [0.5, 0.6) is 0 Å². The lowest BCUT2D eigenvalue weighted by Crippen LogP contribution is -2.32. The highest BCUT2D eigenvalue weighted by atomic mass is 31.1. The van der Waals surface area contributed by atoms with Crippen LogP contribution in [0.3, 0.4) is 0 Å². The average molecular weight is 253 g/mol. The first-order valence-corrected chi connectivity index (χ1v) is 7.14. The second-order valence-electron chi connectivity index (χ2n) is 4.80. The molecule has 4 heteroatoms. The minimum absolute atomic E-state index is 0.376. The van der Waals surface area contributed by atoms with Gasteiger partial charge in [0.1, 0.15) is 5.60 Å². The van der Waals surface area contributed by atoms with Gasteiger partial charge < -0.3 is 10.1 Å². The second-order valence-corrected chi connectivity index (χ2v) is 5.88. The number of ether oxygens (including phenoxy) is 1. The van der Waals surface area contributed by atoms with E-state index >= 15 is 0 Å². The van der Waals surface area contributed by atoms with Crippen LogP contribution in [0.25, 0.3) is 0 Å². The van der Waals surface area contributed by atoms with Gasteiger partial charge >= 0.3 is 6.09 Å². The highest BCUT2D eigenvalue weighted by molar-refractivity contribution is 7.46. The van der Waals surface area contributed by atoms with Gasteiger partial charge in [0, 0.05) is 6.54 Å². The summed E-state index contributed by atoms with van der Waals surface area (Å²) in [4.78, 5) is 11.4. The van der Waals surface area contributed by atoms with Crippen LogP contribution in [0.15, 0.2) is 24.3 Å². The number of nitrogens with one attached hydrogen (secondary N) is 1. The lowest BCUT2D eigenvalue weighted by Gasteiger charge is -2.19. The molecule has 94 valence electrons. The highest BCUT2D eigenvalue weighted by Gasteiger charge is 2.15. The van der Waals surface area contributed by atoms with Crippen molar-refractivity contribution in [1.82, 2.24) is 5.32 Å². The molecule has 0 spiro atoms. The summed E-state index contributed by atoms with van der Waals surface area (Å²) >= 11 is 0. The fourth-order valence-electron chi connectivity index (χ4n) is 1.28. The molecule has 0 aliphatic rings. The SMILES string of the molecule is CPc1ccc(CNC(=O)OC(C)(C)C)cc1. The third-order valence-electron chi connectivity index (χ3n) is 2.08. The molecule has 0 saturated heterocycles. The largest absolute Gasteiger partial charge is 0.444 e. The minimum atomic E-state index is -0.447. The molecular weight excluding hydrogens is 233 g/mol. The summed E-state index contributed by atoms with van der Waals surface area (Å²) in [5.74, 6) is 0. The lowest BCUT2D eigenvalue weighted by molar-refractivity contribution is 0.0523.